The van der Waals surface area contributed by atoms with Crippen LogP contribution >= 0.6 is 50.7 Å². The average Bonchev–Trinajstić information content (AvgIpc) is 3.45. The molecule has 2 aliphatic carbocycles. The zero-order valence-electron chi connectivity index (χ0n) is 17.3. The average molecular weight is 536 g/mol. The minimum Gasteiger partial charge on any atom is -0.410 e. The van der Waals surface area contributed by atoms with Crippen LogP contribution in [0.25, 0.3) is 0 Å². The summed E-state index contributed by atoms with van der Waals surface area (Å²) in [6.45, 7) is 13.7. The maximum absolute atomic E-state index is 12.4. The van der Waals surface area contributed by atoms with E-state index >= 15 is 0 Å². The second-order valence-electron chi connectivity index (χ2n) is 9.54. The van der Waals surface area contributed by atoms with Gasteiger partial charge in [-0.2, -0.15) is 0 Å². The molecule has 0 bridgehead atoms. The molecule has 0 aromatic carbocycles. The quantitative estimate of drug-likeness (QED) is 0.263. The van der Waals surface area contributed by atoms with E-state index < -0.39 is 18.0 Å². The highest BCUT2D eigenvalue weighted by Crippen LogP contribution is 2.70. The van der Waals surface area contributed by atoms with Crippen LogP contribution in [0.4, 0.5) is 0 Å². The molecule has 0 radical (unpaired) electrons. The summed E-state index contributed by atoms with van der Waals surface area (Å²) < 4.78 is 11.2. The number of halogens is 4. The molecular formula is C19H31BrCl3NO3Si. The lowest BCUT2D eigenvalue weighted by molar-refractivity contribution is -0.122. The number of carbonyl (C=O) groups is 1. The maximum Gasteiger partial charge on any atom is 0.272 e. The fraction of sp³-hybridized carbons (Fsp3) is 0.947. The van der Waals surface area contributed by atoms with Crippen molar-refractivity contribution < 1.29 is 14.0 Å². The number of ether oxygens (including phenoxy) is 1. The van der Waals surface area contributed by atoms with Crippen molar-refractivity contribution >= 4 is 65.0 Å². The standard InChI is InChI=1S/C19H31BrCl3NO3Si/c1-9(2)28(10(3)4,11(5)6)27-16-14-13(26-14)15(18(16)7-12(18)8-20)24-17(25)19(21,22)23/h9-16H,7-8H2,1-6H3,(H,24,25)/t12-,13-,14+,15+,16-,18+/m0/s1. The lowest BCUT2D eigenvalue weighted by Gasteiger charge is -2.46. The number of hydrogen-bond donors (Lipinski definition) is 1. The summed E-state index contributed by atoms with van der Waals surface area (Å²) in [5, 5.41) is 3.85. The van der Waals surface area contributed by atoms with Crippen LogP contribution in [-0.2, 0) is 14.0 Å². The molecule has 2 saturated carbocycles. The van der Waals surface area contributed by atoms with E-state index in [0.29, 0.717) is 22.5 Å². The van der Waals surface area contributed by atoms with Gasteiger partial charge in [0.15, 0.2) is 0 Å². The monoisotopic (exact) mass is 533 g/mol. The van der Waals surface area contributed by atoms with Crippen LogP contribution in [-0.4, -0.2) is 47.7 Å². The van der Waals surface area contributed by atoms with Gasteiger partial charge in [0.1, 0.15) is 12.2 Å². The fourth-order valence-electron chi connectivity index (χ4n) is 5.98. The Morgan fingerprint density at radius 1 is 1.18 bits per heavy atom. The van der Waals surface area contributed by atoms with Gasteiger partial charge in [0.25, 0.3) is 9.70 Å². The number of fused-ring (bicyclic) bond motifs is 1. The van der Waals surface area contributed by atoms with Gasteiger partial charge in [0, 0.05) is 10.7 Å². The number of nitrogens with one attached hydrogen (secondary N) is 1. The Morgan fingerprint density at radius 2 is 1.71 bits per heavy atom. The van der Waals surface area contributed by atoms with Crippen molar-refractivity contribution in [1.29, 1.82) is 0 Å². The van der Waals surface area contributed by atoms with E-state index in [-0.39, 0.29) is 29.8 Å². The van der Waals surface area contributed by atoms with Crippen molar-refractivity contribution in [1.82, 2.24) is 5.32 Å². The Hall–Kier alpha value is 0.957. The first kappa shape index (κ1) is 23.6. The van der Waals surface area contributed by atoms with E-state index in [9.17, 15) is 4.79 Å². The largest absolute Gasteiger partial charge is 0.410 e. The Bertz CT molecular complexity index is 608. The van der Waals surface area contributed by atoms with E-state index in [1.165, 1.54) is 0 Å². The van der Waals surface area contributed by atoms with Crippen molar-refractivity contribution in [3.63, 3.8) is 0 Å². The van der Waals surface area contributed by atoms with Crippen LogP contribution < -0.4 is 5.32 Å². The maximum atomic E-state index is 12.4. The van der Waals surface area contributed by atoms with Crippen LogP contribution in [0.5, 0.6) is 0 Å². The molecule has 1 amide bonds. The van der Waals surface area contributed by atoms with E-state index in [1.54, 1.807) is 0 Å². The third kappa shape index (κ3) is 3.61. The molecule has 1 N–H and O–H groups in total. The van der Waals surface area contributed by atoms with Crippen molar-refractivity contribution in [2.24, 2.45) is 11.3 Å². The highest BCUT2D eigenvalue weighted by Gasteiger charge is 2.79. The van der Waals surface area contributed by atoms with E-state index in [2.05, 4.69) is 62.8 Å². The van der Waals surface area contributed by atoms with Crippen LogP contribution in [0, 0.1) is 11.3 Å². The number of amides is 1. The van der Waals surface area contributed by atoms with Crippen molar-refractivity contribution in [3.05, 3.63) is 0 Å². The van der Waals surface area contributed by atoms with Crippen LogP contribution in [0.15, 0.2) is 0 Å². The molecule has 1 saturated heterocycles. The summed E-state index contributed by atoms with van der Waals surface area (Å²) in [5.41, 5.74) is 1.31. The van der Waals surface area contributed by atoms with Crippen LogP contribution in [0.1, 0.15) is 48.0 Å². The second-order valence-corrected chi connectivity index (χ2v) is 17.9. The minimum absolute atomic E-state index is 0.0143. The zero-order chi connectivity index (χ0) is 21.2. The SMILES string of the molecule is CC(C)[Si](O[C@H]1[C@@H]2O[C@@H]2[C@@H](NC(=O)C(Cl)(Cl)Cl)[C@]12C[C@H]2CBr)(C(C)C)C(C)C. The summed E-state index contributed by atoms with van der Waals surface area (Å²) in [6, 6.07) is -0.175. The van der Waals surface area contributed by atoms with E-state index in [4.69, 9.17) is 44.0 Å². The van der Waals surface area contributed by atoms with Gasteiger partial charge in [-0.15, -0.1) is 0 Å². The third-order valence-corrected chi connectivity index (χ3v) is 14.6. The van der Waals surface area contributed by atoms with Gasteiger partial charge in [-0.05, 0) is 29.0 Å². The van der Waals surface area contributed by atoms with Crippen molar-refractivity contribution in [3.8, 4) is 0 Å². The molecule has 28 heavy (non-hydrogen) atoms. The van der Waals surface area contributed by atoms with Gasteiger partial charge in [0.05, 0.1) is 12.1 Å². The second kappa shape index (κ2) is 7.82. The number of epoxide rings is 1. The molecule has 6 atom stereocenters. The van der Waals surface area contributed by atoms with Crippen molar-refractivity contribution in [2.45, 2.75) is 92.7 Å². The molecule has 3 rings (SSSR count). The first-order valence-corrected chi connectivity index (χ1v) is 14.5. The highest BCUT2D eigenvalue weighted by molar-refractivity contribution is 9.09. The topological polar surface area (TPSA) is 50.9 Å². The Kier molecular flexibility index (Phi) is 6.60. The number of rotatable bonds is 7. The van der Waals surface area contributed by atoms with Gasteiger partial charge >= 0.3 is 0 Å². The van der Waals surface area contributed by atoms with Crippen molar-refractivity contribution in [2.75, 3.05) is 5.33 Å². The molecule has 9 heteroatoms. The van der Waals surface area contributed by atoms with Gasteiger partial charge < -0.3 is 14.5 Å². The van der Waals surface area contributed by atoms with Gasteiger partial charge in [-0.25, -0.2) is 0 Å². The lowest BCUT2D eigenvalue weighted by atomic mass is 9.94. The summed E-state index contributed by atoms with van der Waals surface area (Å²) in [6.07, 6.45) is 0.944. The van der Waals surface area contributed by atoms with Gasteiger partial charge in [-0.3, -0.25) is 4.79 Å². The Balaban J connectivity index is 1.91. The van der Waals surface area contributed by atoms with Gasteiger partial charge in [-0.1, -0.05) is 92.3 Å². The number of alkyl halides is 4. The Labute approximate surface area is 193 Å². The molecule has 3 aliphatic rings. The molecule has 0 aromatic heterocycles. The first-order chi connectivity index (χ1) is 12.8. The summed E-state index contributed by atoms with van der Waals surface area (Å²) >= 11 is 21.1. The van der Waals surface area contributed by atoms with E-state index in [0.717, 1.165) is 11.8 Å². The predicted octanol–water partition coefficient (Wildman–Crippen LogP) is 5.58. The molecule has 0 aromatic rings. The summed E-state index contributed by atoms with van der Waals surface area (Å²) in [7, 11) is -2.09. The third-order valence-electron chi connectivity index (χ3n) is 7.27. The molecule has 4 nitrogen and oxygen atoms in total. The smallest absolute Gasteiger partial charge is 0.272 e. The van der Waals surface area contributed by atoms with Crippen LogP contribution in [0.3, 0.4) is 0 Å². The lowest BCUT2D eigenvalue weighted by Crippen LogP contribution is -2.55. The fourth-order valence-corrected chi connectivity index (χ4v) is 12.6. The number of carbonyl (C=O) groups excluding carboxylic acids is 1. The predicted molar refractivity (Wildman–Crippen MR) is 121 cm³/mol. The van der Waals surface area contributed by atoms with E-state index in [1.807, 2.05) is 0 Å². The minimum atomic E-state index is -2.09. The summed E-state index contributed by atoms with van der Waals surface area (Å²) in [4.78, 5) is 12.4. The molecule has 0 unspecified atom stereocenters. The van der Waals surface area contributed by atoms with Crippen LogP contribution in [0.2, 0.25) is 16.6 Å². The molecule has 1 heterocycles. The normalized spacial score (nSPS) is 37.1. The van der Waals surface area contributed by atoms with Gasteiger partial charge in [0.2, 0.25) is 8.32 Å². The highest BCUT2D eigenvalue weighted by atomic mass is 79.9. The Morgan fingerprint density at radius 3 is 2.11 bits per heavy atom. The molecular weight excluding hydrogens is 505 g/mol. The molecule has 162 valence electrons. The molecule has 1 spiro atoms. The molecule has 3 fully saturated rings. The number of hydrogen-bond acceptors (Lipinski definition) is 3. The first-order valence-electron chi connectivity index (χ1n) is 10.1. The molecule has 1 aliphatic heterocycles. The summed E-state index contributed by atoms with van der Waals surface area (Å²) in [5.74, 6) is -0.162. The zero-order valence-corrected chi connectivity index (χ0v) is 22.1.